The summed E-state index contributed by atoms with van der Waals surface area (Å²) in [6.45, 7) is 5.47. The van der Waals surface area contributed by atoms with Crippen LogP contribution in [0.5, 0.6) is 0 Å². The van der Waals surface area contributed by atoms with E-state index in [4.69, 9.17) is 4.84 Å². The van der Waals surface area contributed by atoms with Crippen LogP contribution in [0.15, 0.2) is 70.5 Å². The monoisotopic (exact) mass is 418 g/mol. The van der Waals surface area contributed by atoms with Gasteiger partial charge in [0, 0.05) is 16.9 Å². The Morgan fingerprint density at radius 1 is 1.19 bits per heavy atom. The molecule has 0 saturated heterocycles. The van der Waals surface area contributed by atoms with Gasteiger partial charge in [0.1, 0.15) is 17.6 Å². The fraction of sp³-hybridized carbons (Fsp3) is 0.0870. The number of para-hydroxylation sites is 1. The molecule has 0 fully saturated rings. The van der Waals surface area contributed by atoms with Crippen molar-refractivity contribution in [1.82, 2.24) is 10.0 Å². The highest BCUT2D eigenvalue weighted by Gasteiger charge is 2.18. The van der Waals surface area contributed by atoms with Crippen LogP contribution in [0.2, 0.25) is 0 Å². The summed E-state index contributed by atoms with van der Waals surface area (Å²) in [6, 6.07) is 16.4. The molecule has 0 unspecified atom stereocenters. The summed E-state index contributed by atoms with van der Waals surface area (Å²) in [4.78, 5) is 35.4. The van der Waals surface area contributed by atoms with Gasteiger partial charge in [-0.2, -0.15) is 4.99 Å². The first-order valence-corrected chi connectivity index (χ1v) is 9.48. The molecule has 0 atom stereocenters. The van der Waals surface area contributed by atoms with E-state index in [-0.39, 0.29) is 29.4 Å². The fourth-order valence-corrected chi connectivity index (χ4v) is 3.21. The standard InChI is InChI=1S/C23H19FN4O3/c1-14-12-15(2)28(13-19(29)25-18-6-4-3-5-7-18)23(30)20(14)22-26-21(27-31-22)16-8-10-17(24)11-9-16/h3-12H,1,13H2,2H3,(H,25,29)(H,26,27). The van der Waals surface area contributed by atoms with E-state index in [1.807, 2.05) is 6.07 Å². The quantitative estimate of drug-likeness (QED) is 0.671. The minimum atomic E-state index is -0.450. The van der Waals surface area contributed by atoms with Crippen LogP contribution < -0.4 is 26.8 Å². The number of anilines is 1. The van der Waals surface area contributed by atoms with Gasteiger partial charge < -0.3 is 14.7 Å². The number of carbonyl (C=O) groups is 1. The molecule has 0 saturated carbocycles. The van der Waals surface area contributed by atoms with Gasteiger partial charge in [0.2, 0.25) is 5.91 Å². The molecule has 1 amide bonds. The van der Waals surface area contributed by atoms with Gasteiger partial charge in [-0.05, 0) is 54.6 Å². The van der Waals surface area contributed by atoms with Gasteiger partial charge in [-0.15, -0.1) is 0 Å². The van der Waals surface area contributed by atoms with E-state index >= 15 is 0 Å². The number of hydrogen-bond donors (Lipinski definition) is 2. The summed E-state index contributed by atoms with van der Waals surface area (Å²) in [5.74, 6) is -0.345. The molecule has 1 aromatic heterocycles. The van der Waals surface area contributed by atoms with Crippen molar-refractivity contribution < 1.29 is 14.0 Å². The second-order valence-electron chi connectivity index (χ2n) is 6.97. The summed E-state index contributed by atoms with van der Waals surface area (Å²) >= 11 is 0. The highest BCUT2D eigenvalue weighted by atomic mass is 19.1. The van der Waals surface area contributed by atoms with Crippen LogP contribution in [0.1, 0.15) is 11.3 Å². The third-order valence-corrected chi connectivity index (χ3v) is 4.74. The molecule has 2 aromatic carbocycles. The molecule has 3 aromatic rings. The molecule has 31 heavy (non-hydrogen) atoms. The van der Waals surface area contributed by atoms with Crippen molar-refractivity contribution in [3.63, 3.8) is 0 Å². The van der Waals surface area contributed by atoms with Gasteiger partial charge in [-0.1, -0.05) is 24.8 Å². The topological polar surface area (TPSA) is 84.7 Å². The molecule has 4 rings (SSSR count). The average Bonchev–Trinajstić information content (AvgIpc) is 3.22. The lowest BCUT2D eigenvalue weighted by molar-refractivity contribution is -0.116. The number of aliphatic imine (C=N–C) groups is 1. The van der Waals surface area contributed by atoms with Crippen molar-refractivity contribution in [3.05, 3.63) is 98.5 Å². The second-order valence-corrected chi connectivity index (χ2v) is 6.97. The number of benzene rings is 2. The lowest BCUT2D eigenvalue weighted by Gasteiger charge is -2.11. The number of pyridine rings is 1. The van der Waals surface area contributed by atoms with Crippen molar-refractivity contribution in [2.24, 2.45) is 4.99 Å². The van der Waals surface area contributed by atoms with Crippen LogP contribution >= 0.6 is 0 Å². The molecule has 2 N–H and O–H groups in total. The molecular formula is C23H19FN4O3. The zero-order valence-electron chi connectivity index (χ0n) is 16.7. The SMILES string of the molecule is C=c1cc(C)n(CC(=O)Nc2ccccc2)c(=O)c1=C1N=C(c2ccc(F)cc2)NO1. The van der Waals surface area contributed by atoms with Crippen LogP contribution in [-0.4, -0.2) is 16.3 Å². The summed E-state index contributed by atoms with van der Waals surface area (Å²) in [6.07, 6.45) is 0. The first kappa shape index (κ1) is 20.1. The van der Waals surface area contributed by atoms with E-state index in [2.05, 4.69) is 22.4 Å². The van der Waals surface area contributed by atoms with Gasteiger partial charge in [-0.25, -0.2) is 9.87 Å². The van der Waals surface area contributed by atoms with Crippen LogP contribution in [0.25, 0.3) is 12.5 Å². The zero-order chi connectivity index (χ0) is 22.0. The van der Waals surface area contributed by atoms with Crippen LogP contribution in [0.4, 0.5) is 10.1 Å². The number of aryl methyl sites for hydroxylation is 1. The molecule has 1 aliphatic heterocycles. The minimum Gasteiger partial charge on any atom is -0.359 e. The first-order chi connectivity index (χ1) is 14.9. The predicted molar refractivity (Wildman–Crippen MR) is 116 cm³/mol. The van der Waals surface area contributed by atoms with Crippen LogP contribution in [0, 0.1) is 12.7 Å². The summed E-state index contributed by atoms with van der Waals surface area (Å²) in [7, 11) is 0. The Morgan fingerprint density at radius 2 is 1.90 bits per heavy atom. The largest absolute Gasteiger partial charge is 0.359 e. The third-order valence-electron chi connectivity index (χ3n) is 4.74. The highest BCUT2D eigenvalue weighted by Crippen LogP contribution is 2.11. The minimum absolute atomic E-state index is 0.0338. The van der Waals surface area contributed by atoms with Crippen LogP contribution in [-0.2, 0) is 16.2 Å². The van der Waals surface area contributed by atoms with Gasteiger partial charge >= 0.3 is 0 Å². The van der Waals surface area contributed by atoms with E-state index in [1.54, 1.807) is 49.4 Å². The maximum Gasteiger partial charge on any atom is 0.264 e. The van der Waals surface area contributed by atoms with Crippen molar-refractivity contribution >= 4 is 29.9 Å². The van der Waals surface area contributed by atoms with E-state index in [0.717, 1.165) is 0 Å². The molecule has 0 aliphatic carbocycles. The fourth-order valence-electron chi connectivity index (χ4n) is 3.21. The van der Waals surface area contributed by atoms with E-state index in [1.165, 1.54) is 16.7 Å². The van der Waals surface area contributed by atoms with Crippen molar-refractivity contribution in [2.45, 2.75) is 13.5 Å². The zero-order valence-corrected chi connectivity index (χ0v) is 16.7. The Balaban J connectivity index is 1.71. The number of amides is 1. The first-order valence-electron chi connectivity index (χ1n) is 9.48. The maximum atomic E-state index is 13.2. The lowest BCUT2D eigenvalue weighted by atomic mass is 10.2. The molecule has 0 bridgehead atoms. The van der Waals surface area contributed by atoms with Gasteiger partial charge in [0.05, 0.1) is 0 Å². The Kier molecular flexibility index (Phi) is 5.36. The summed E-state index contributed by atoms with van der Waals surface area (Å²) < 4.78 is 14.5. The third kappa shape index (κ3) is 4.23. The van der Waals surface area contributed by atoms with Crippen molar-refractivity contribution in [1.29, 1.82) is 0 Å². The van der Waals surface area contributed by atoms with Gasteiger partial charge in [0.15, 0.2) is 5.84 Å². The van der Waals surface area contributed by atoms with E-state index in [9.17, 15) is 14.0 Å². The lowest BCUT2D eigenvalue weighted by Crippen LogP contribution is -2.47. The van der Waals surface area contributed by atoms with Gasteiger partial charge in [-0.3, -0.25) is 9.59 Å². The number of nitrogens with one attached hydrogen (secondary N) is 2. The molecular weight excluding hydrogens is 399 g/mol. The van der Waals surface area contributed by atoms with E-state index < -0.39 is 5.56 Å². The Labute approximate surface area is 176 Å². The molecule has 2 heterocycles. The Bertz CT molecular complexity index is 1350. The number of hydroxylamine groups is 1. The second kappa shape index (κ2) is 8.27. The number of amidine groups is 1. The maximum absolute atomic E-state index is 13.2. The number of rotatable bonds is 4. The number of halogens is 1. The molecule has 8 heteroatoms. The number of nitrogens with zero attached hydrogens (tertiary/aromatic N) is 2. The van der Waals surface area contributed by atoms with Crippen LogP contribution in [0.3, 0.4) is 0 Å². The predicted octanol–water partition coefficient (Wildman–Crippen LogP) is 1.39. The molecule has 7 nitrogen and oxygen atoms in total. The summed E-state index contributed by atoms with van der Waals surface area (Å²) in [5, 5.41) is 3.32. The molecule has 0 spiro atoms. The smallest absolute Gasteiger partial charge is 0.264 e. The number of aromatic nitrogens is 1. The van der Waals surface area contributed by atoms with Crippen molar-refractivity contribution in [3.8, 4) is 0 Å². The average molecular weight is 418 g/mol. The Hall–Kier alpha value is -4.20. The Morgan fingerprint density at radius 3 is 2.61 bits per heavy atom. The summed E-state index contributed by atoms with van der Waals surface area (Å²) in [5.41, 5.74) is 4.00. The van der Waals surface area contributed by atoms with Gasteiger partial charge in [0.25, 0.3) is 11.4 Å². The molecule has 1 aliphatic rings. The van der Waals surface area contributed by atoms with Crippen molar-refractivity contribution in [2.75, 3.05) is 5.32 Å². The van der Waals surface area contributed by atoms with E-state index in [0.29, 0.717) is 28.0 Å². The molecule has 0 radical (unpaired) electrons. The normalized spacial score (nSPS) is 14.5. The number of hydrogen-bond acceptors (Lipinski definition) is 5. The number of carbonyl (C=O) groups excluding carboxylic acids is 1. The molecule has 156 valence electrons. The highest BCUT2D eigenvalue weighted by molar-refractivity contribution is 6.01.